The second-order valence-corrected chi connectivity index (χ2v) is 5.82. The number of hydrogen-bond acceptors (Lipinski definition) is 3. The highest BCUT2D eigenvalue weighted by Crippen LogP contribution is 2.21. The van der Waals surface area contributed by atoms with Crippen LogP contribution >= 0.6 is 0 Å². The van der Waals surface area contributed by atoms with Crippen molar-refractivity contribution in [3.05, 3.63) is 0 Å². The van der Waals surface area contributed by atoms with Gasteiger partial charge in [0.25, 0.3) is 0 Å². The van der Waals surface area contributed by atoms with E-state index in [1.807, 2.05) is 0 Å². The highest BCUT2D eigenvalue weighted by atomic mass is 16.5. The maximum absolute atomic E-state index is 5.95. The van der Waals surface area contributed by atoms with Gasteiger partial charge in [-0.05, 0) is 51.7 Å². The summed E-state index contributed by atoms with van der Waals surface area (Å²) in [5, 5.41) is 0. The Hall–Kier alpha value is -0.120. The first-order chi connectivity index (χ1) is 8.83. The Morgan fingerprint density at radius 1 is 1.06 bits per heavy atom. The minimum atomic E-state index is 0.496. The molecule has 2 atom stereocenters. The summed E-state index contributed by atoms with van der Waals surface area (Å²) in [7, 11) is 0. The number of ether oxygens (including phenoxy) is 1. The van der Waals surface area contributed by atoms with Crippen LogP contribution in [0.5, 0.6) is 0 Å². The lowest BCUT2D eigenvalue weighted by Gasteiger charge is -2.42. The summed E-state index contributed by atoms with van der Waals surface area (Å²) in [4.78, 5) is 5.30. The van der Waals surface area contributed by atoms with E-state index < -0.39 is 0 Å². The smallest absolute Gasteiger partial charge is 0.0702 e. The van der Waals surface area contributed by atoms with Crippen LogP contribution in [0.4, 0.5) is 0 Å². The van der Waals surface area contributed by atoms with Crippen molar-refractivity contribution in [3.8, 4) is 0 Å². The van der Waals surface area contributed by atoms with Gasteiger partial charge in [-0.15, -0.1) is 0 Å². The largest absolute Gasteiger partial charge is 0.377 e. The van der Waals surface area contributed by atoms with E-state index >= 15 is 0 Å². The summed E-state index contributed by atoms with van der Waals surface area (Å²) in [5.41, 5.74) is 0. The maximum atomic E-state index is 5.95. The maximum Gasteiger partial charge on any atom is 0.0702 e. The first-order valence-corrected chi connectivity index (χ1v) is 7.91. The van der Waals surface area contributed by atoms with Gasteiger partial charge in [0, 0.05) is 25.7 Å². The molecule has 3 nitrogen and oxygen atoms in total. The lowest BCUT2D eigenvalue weighted by molar-refractivity contribution is -0.0231. The number of piperidine rings is 2. The van der Waals surface area contributed by atoms with Crippen LogP contribution in [0.15, 0.2) is 0 Å². The van der Waals surface area contributed by atoms with E-state index in [2.05, 4.69) is 23.6 Å². The Balaban J connectivity index is 1.80. The van der Waals surface area contributed by atoms with Crippen LogP contribution in [-0.4, -0.2) is 61.3 Å². The van der Waals surface area contributed by atoms with Crippen LogP contribution in [0.3, 0.4) is 0 Å². The zero-order valence-electron chi connectivity index (χ0n) is 12.2. The number of likely N-dealkylation sites (N-methyl/N-ethyl adjacent to an activating group) is 1. The van der Waals surface area contributed by atoms with Gasteiger partial charge in [0.1, 0.15) is 0 Å². The Kier molecular flexibility index (Phi) is 5.93. The van der Waals surface area contributed by atoms with E-state index in [4.69, 9.17) is 4.74 Å². The summed E-state index contributed by atoms with van der Waals surface area (Å²) in [6.07, 6.45) is 6.98. The van der Waals surface area contributed by atoms with Crippen LogP contribution in [0.25, 0.3) is 0 Å². The first kappa shape index (κ1) is 14.3. The van der Waals surface area contributed by atoms with Crippen molar-refractivity contribution in [2.24, 2.45) is 0 Å². The molecular formula is C15H30N2O. The van der Waals surface area contributed by atoms with Gasteiger partial charge in [-0.25, -0.2) is 0 Å². The molecule has 3 heteroatoms. The molecule has 18 heavy (non-hydrogen) atoms. The normalized spacial score (nSPS) is 31.7. The Labute approximate surface area is 112 Å². The fraction of sp³-hybridized carbons (Fsp3) is 1.00. The third-order valence-electron chi connectivity index (χ3n) is 4.41. The Morgan fingerprint density at radius 2 is 1.89 bits per heavy atom. The standard InChI is InChI=1S/C15H30N2O/c1-3-11-18-15-8-6-10-17(13-15)14-7-5-9-16(4-2)12-14/h14-15H,3-13H2,1-2H3. The number of rotatable bonds is 5. The van der Waals surface area contributed by atoms with E-state index in [-0.39, 0.29) is 0 Å². The van der Waals surface area contributed by atoms with E-state index in [0.29, 0.717) is 6.10 Å². The predicted octanol–water partition coefficient (Wildman–Crippen LogP) is 2.36. The predicted molar refractivity (Wildman–Crippen MR) is 76.0 cm³/mol. The molecule has 0 aromatic carbocycles. The SMILES string of the molecule is CCCOC1CCCN(C2CCCN(CC)C2)C1. The zero-order valence-corrected chi connectivity index (χ0v) is 12.2. The Morgan fingerprint density at radius 3 is 2.67 bits per heavy atom. The van der Waals surface area contributed by atoms with Gasteiger partial charge in [-0.3, -0.25) is 4.90 Å². The van der Waals surface area contributed by atoms with Crippen molar-refractivity contribution in [2.45, 2.75) is 58.1 Å². The summed E-state index contributed by atoms with van der Waals surface area (Å²) in [6, 6.07) is 0.784. The summed E-state index contributed by atoms with van der Waals surface area (Å²) >= 11 is 0. The molecule has 0 aliphatic carbocycles. The second kappa shape index (κ2) is 7.46. The molecule has 0 aromatic rings. The molecule has 2 fully saturated rings. The van der Waals surface area contributed by atoms with Crippen molar-refractivity contribution in [1.29, 1.82) is 0 Å². The topological polar surface area (TPSA) is 15.7 Å². The van der Waals surface area contributed by atoms with Gasteiger partial charge in [0.15, 0.2) is 0 Å². The second-order valence-electron chi connectivity index (χ2n) is 5.82. The summed E-state index contributed by atoms with van der Waals surface area (Å²) in [6.45, 7) is 11.7. The number of hydrogen-bond donors (Lipinski definition) is 0. The van der Waals surface area contributed by atoms with Crippen molar-refractivity contribution >= 4 is 0 Å². The van der Waals surface area contributed by atoms with Crippen molar-refractivity contribution in [3.63, 3.8) is 0 Å². The molecule has 2 rings (SSSR count). The molecule has 2 unspecified atom stereocenters. The van der Waals surface area contributed by atoms with Gasteiger partial charge in [0.05, 0.1) is 6.10 Å². The third-order valence-corrected chi connectivity index (χ3v) is 4.41. The summed E-state index contributed by atoms with van der Waals surface area (Å²) in [5.74, 6) is 0. The van der Waals surface area contributed by atoms with Crippen molar-refractivity contribution in [2.75, 3.05) is 39.3 Å². The van der Waals surface area contributed by atoms with Crippen LogP contribution in [-0.2, 0) is 4.74 Å². The molecule has 2 aliphatic heterocycles. The van der Waals surface area contributed by atoms with Crippen LogP contribution in [0.2, 0.25) is 0 Å². The van der Waals surface area contributed by atoms with Gasteiger partial charge < -0.3 is 9.64 Å². The lowest BCUT2D eigenvalue weighted by Crippen LogP contribution is -2.52. The highest BCUT2D eigenvalue weighted by molar-refractivity contribution is 4.84. The monoisotopic (exact) mass is 254 g/mol. The van der Waals surface area contributed by atoms with Crippen LogP contribution < -0.4 is 0 Å². The molecule has 106 valence electrons. The molecule has 0 spiro atoms. The quantitative estimate of drug-likeness (QED) is 0.749. The van der Waals surface area contributed by atoms with Crippen LogP contribution in [0.1, 0.15) is 46.0 Å². The van der Waals surface area contributed by atoms with Crippen molar-refractivity contribution < 1.29 is 4.74 Å². The molecule has 2 heterocycles. The fourth-order valence-corrected chi connectivity index (χ4v) is 3.33. The minimum absolute atomic E-state index is 0.496. The third kappa shape index (κ3) is 3.94. The first-order valence-electron chi connectivity index (χ1n) is 7.91. The van der Waals surface area contributed by atoms with Gasteiger partial charge in [-0.2, -0.15) is 0 Å². The van der Waals surface area contributed by atoms with Gasteiger partial charge in [-0.1, -0.05) is 13.8 Å². The van der Waals surface area contributed by atoms with E-state index in [1.165, 1.54) is 58.4 Å². The zero-order chi connectivity index (χ0) is 12.8. The van der Waals surface area contributed by atoms with Crippen LogP contribution in [0, 0.1) is 0 Å². The van der Waals surface area contributed by atoms with E-state index in [9.17, 15) is 0 Å². The minimum Gasteiger partial charge on any atom is -0.377 e. The number of likely N-dealkylation sites (tertiary alicyclic amines) is 2. The highest BCUT2D eigenvalue weighted by Gasteiger charge is 2.29. The average Bonchev–Trinajstić information content (AvgIpc) is 2.45. The molecule has 0 bridgehead atoms. The molecule has 0 saturated carbocycles. The molecular weight excluding hydrogens is 224 g/mol. The Bertz CT molecular complexity index is 235. The van der Waals surface area contributed by atoms with Gasteiger partial charge >= 0.3 is 0 Å². The van der Waals surface area contributed by atoms with E-state index in [1.54, 1.807) is 0 Å². The molecule has 0 radical (unpaired) electrons. The van der Waals surface area contributed by atoms with Gasteiger partial charge in [0.2, 0.25) is 0 Å². The van der Waals surface area contributed by atoms with E-state index in [0.717, 1.165) is 19.1 Å². The fourth-order valence-electron chi connectivity index (χ4n) is 3.33. The lowest BCUT2D eigenvalue weighted by atomic mass is 9.99. The molecule has 0 aromatic heterocycles. The average molecular weight is 254 g/mol. The number of nitrogens with zero attached hydrogens (tertiary/aromatic N) is 2. The van der Waals surface area contributed by atoms with Crippen molar-refractivity contribution in [1.82, 2.24) is 9.80 Å². The molecule has 2 aliphatic rings. The molecule has 0 N–H and O–H groups in total. The summed E-state index contributed by atoms with van der Waals surface area (Å²) < 4.78 is 5.95. The molecule has 0 amide bonds. The molecule has 2 saturated heterocycles.